The van der Waals surface area contributed by atoms with Gasteiger partial charge in [-0.05, 0) is 55.0 Å². The van der Waals surface area contributed by atoms with Crippen molar-refractivity contribution in [2.75, 3.05) is 6.54 Å². The maximum absolute atomic E-state index is 11.1. The largest absolute Gasteiger partial charge is 0.451 e. The van der Waals surface area contributed by atoms with Crippen molar-refractivity contribution in [1.82, 2.24) is 5.32 Å². The van der Waals surface area contributed by atoms with E-state index in [2.05, 4.69) is 23.2 Å². The molecule has 116 valence electrons. The van der Waals surface area contributed by atoms with E-state index in [4.69, 9.17) is 14.9 Å². The molecule has 1 aliphatic heterocycles. The molecule has 2 bridgehead atoms. The van der Waals surface area contributed by atoms with Gasteiger partial charge in [-0.2, -0.15) is 0 Å². The van der Waals surface area contributed by atoms with Crippen molar-refractivity contribution in [1.29, 1.82) is 0 Å². The molecule has 0 radical (unpaired) electrons. The summed E-state index contributed by atoms with van der Waals surface area (Å²) < 4.78 is 5.42. The lowest BCUT2D eigenvalue weighted by Crippen LogP contribution is -2.31. The number of carbonyl (C=O) groups excluding carboxylic acids is 2. The number of benzene rings is 1. The molecule has 2 heterocycles. The molecule has 6 heteroatoms. The van der Waals surface area contributed by atoms with Crippen LogP contribution in [-0.2, 0) is 4.79 Å². The molecular weight excluding hydrogens is 282 g/mol. The van der Waals surface area contributed by atoms with Crippen LogP contribution < -0.4 is 16.8 Å². The average molecular weight is 301 g/mol. The second-order valence-corrected chi connectivity index (χ2v) is 5.87. The van der Waals surface area contributed by atoms with Crippen LogP contribution in [0.5, 0.6) is 0 Å². The monoisotopic (exact) mass is 301 g/mol. The number of hydrogen-bond donors (Lipinski definition) is 3. The second kappa shape index (κ2) is 5.81. The van der Waals surface area contributed by atoms with Gasteiger partial charge >= 0.3 is 0 Å². The summed E-state index contributed by atoms with van der Waals surface area (Å²) in [5.74, 6) is 1.14. The van der Waals surface area contributed by atoms with Crippen molar-refractivity contribution in [3.63, 3.8) is 0 Å². The molecule has 1 saturated carbocycles. The number of nitrogens with two attached hydrogens (primary N) is 2. The van der Waals surface area contributed by atoms with Gasteiger partial charge in [0.15, 0.2) is 5.76 Å². The minimum absolute atomic E-state index is 0.234. The molecule has 1 saturated heterocycles. The number of primary amides is 2. The van der Waals surface area contributed by atoms with Gasteiger partial charge in [0.05, 0.1) is 0 Å². The molecule has 22 heavy (non-hydrogen) atoms. The maximum Gasteiger partial charge on any atom is 0.284 e. The molecule has 3 atom stereocenters. The summed E-state index contributed by atoms with van der Waals surface area (Å²) in [5, 5.41) is 4.55. The highest BCUT2D eigenvalue weighted by molar-refractivity contribution is 5.95. The summed E-state index contributed by atoms with van der Waals surface area (Å²) in [4.78, 5) is 19.7. The lowest BCUT2D eigenvalue weighted by atomic mass is 9.91. The van der Waals surface area contributed by atoms with E-state index in [0.717, 1.165) is 16.9 Å². The number of carbonyl (C=O) groups is 2. The van der Waals surface area contributed by atoms with Gasteiger partial charge in [0.1, 0.15) is 5.58 Å². The minimum Gasteiger partial charge on any atom is -0.451 e. The van der Waals surface area contributed by atoms with Crippen molar-refractivity contribution < 1.29 is 14.0 Å². The van der Waals surface area contributed by atoms with Crippen molar-refractivity contribution in [2.45, 2.75) is 24.8 Å². The third-order valence-electron chi connectivity index (χ3n) is 4.54. The van der Waals surface area contributed by atoms with Crippen LogP contribution in [0.4, 0.5) is 0 Å². The highest BCUT2D eigenvalue weighted by Gasteiger charge is 2.39. The maximum atomic E-state index is 11.1. The normalized spacial score (nSPS) is 25.7. The van der Waals surface area contributed by atoms with Crippen molar-refractivity contribution in [2.24, 2.45) is 17.4 Å². The lowest BCUT2D eigenvalue weighted by Gasteiger charge is -2.23. The standard InChI is InChI=1S/C15H16N2O2.CH3NO/c16-15(18)14-6-10-5-9(1-2-13(10)19-14)11-3-8-4-12(11)17-7-8;2-1-3/h1-2,5-6,8,11-12,17H,3-4,7H2,(H2,16,18);1H,(H2,2,3). The number of nitrogens with one attached hydrogen (secondary N) is 1. The summed E-state index contributed by atoms with van der Waals surface area (Å²) in [6.07, 6.45) is 2.81. The third-order valence-corrected chi connectivity index (χ3v) is 4.54. The summed E-state index contributed by atoms with van der Waals surface area (Å²) in [6.45, 7) is 1.17. The van der Waals surface area contributed by atoms with Gasteiger partial charge in [0.25, 0.3) is 5.91 Å². The number of piperidine rings is 1. The molecule has 0 spiro atoms. The molecule has 1 aliphatic carbocycles. The van der Waals surface area contributed by atoms with E-state index in [-0.39, 0.29) is 12.2 Å². The number of hydrogen-bond acceptors (Lipinski definition) is 4. The van der Waals surface area contributed by atoms with Crippen LogP contribution in [0.1, 0.15) is 34.9 Å². The van der Waals surface area contributed by atoms with E-state index >= 15 is 0 Å². The minimum atomic E-state index is -0.515. The highest BCUT2D eigenvalue weighted by atomic mass is 16.3. The quantitative estimate of drug-likeness (QED) is 0.721. The van der Waals surface area contributed by atoms with Crippen LogP contribution in [0.15, 0.2) is 28.7 Å². The van der Waals surface area contributed by atoms with E-state index in [9.17, 15) is 4.79 Å². The smallest absolute Gasteiger partial charge is 0.284 e. The topological polar surface area (TPSA) is 111 Å². The van der Waals surface area contributed by atoms with Crippen molar-refractivity contribution >= 4 is 23.3 Å². The predicted molar refractivity (Wildman–Crippen MR) is 82.2 cm³/mol. The Kier molecular flexibility index (Phi) is 3.85. The van der Waals surface area contributed by atoms with Crippen LogP contribution >= 0.6 is 0 Å². The molecule has 1 aromatic carbocycles. The van der Waals surface area contributed by atoms with Gasteiger partial charge in [0, 0.05) is 11.4 Å². The first-order valence-electron chi connectivity index (χ1n) is 7.34. The van der Waals surface area contributed by atoms with Crippen LogP contribution in [0, 0.1) is 5.92 Å². The molecule has 2 aromatic rings. The van der Waals surface area contributed by atoms with Gasteiger partial charge in [-0.15, -0.1) is 0 Å². The fraction of sp³-hybridized carbons (Fsp3) is 0.375. The van der Waals surface area contributed by atoms with Gasteiger partial charge in [-0.1, -0.05) is 6.07 Å². The zero-order chi connectivity index (χ0) is 15.7. The Labute approximate surface area is 127 Å². The Balaban J connectivity index is 0.000000446. The fourth-order valence-electron chi connectivity index (χ4n) is 3.64. The van der Waals surface area contributed by atoms with E-state index in [1.165, 1.54) is 24.9 Å². The van der Waals surface area contributed by atoms with E-state index < -0.39 is 5.91 Å². The van der Waals surface area contributed by atoms with Crippen LogP contribution in [0.2, 0.25) is 0 Å². The van der Waals surface area contributed by atoms with Gasteiger partial charge < -0.3 is 21.2 Å². The molecule has 2 amide bonds. The molecule has 1 aromatic heterocycles. The van der Waals surface area contributed by atoms with Gasteiger partial charge in [-0.3, -0.25) is 9.59 Å². The first kappa shape index (κ1) is 14.6. The summed E-state index contributed by atoms with van der Waals surface area (Å²) >= 11 is 0. The zero-order valence-corrected chi connectivity index (χ0v) is 12.1. The Morgan fingerprint density at radius 1 is 1.32 bits per heavy atom. The fourth-order valence-corrected chi connectivity index (χ4v) is 3.64. The van der Waals surface area contributed by atoms with Crippen molar-refractivity contribution in [3.05, 3.63) is 35.6 Å². The number of amides is 2. The van der Waals surface area contributed by atoms with E-state index in [1.807, 2.05) is 6.07 Å². The number of fused-ring (bicyclic) bond motifs is 3. The third kappa shape index (κ3) is 2.57. The number of furan rings is 1. The average Bonchev–Trinajstić information content (AvgIpc) is 3.21. The molecule has 2 fully saturated rings. The molecule has 4 rings (SSSR count). The molecule has 5 N–H and O–H groups in total. The molecule has 2 aliphatic rings. The second-order valence-electron chi connectivity index (χ2n) is 5.87. The summed E-state index contributed by atoms with van der Waals surface area (Å²) in [5.41, 5.74) is 11.5. The molecular formula is C16H19N3O3. The van der Waals surface area contributed by atoms with Crippen LogP contribution in [0.3, 0.4) is 0 Å². The Morgan fingerprint density at radius 3 is 2.68 bits per heavy atom. The van der Waals surface area contributed by atoms with E-state index in [0.29, 0.717) is 12.0 Å². The van der Waals surface area contributed by atoms with Gasteiger partial charge in [0.2, 0.25) is 6.41 Å². The summed E-state index contributed by atoms with van der Waals surface area (Å²) in [7, 11) is 0. The van der Waals surface area contributed by atoms with Crippen LogP contribution in [0.25, 0.3) is 11.0 Å². The Hall–Kier alpha value is -2.34. The Bertz CT molecular complexity index is 710. The first-order chi connectivity index (χ1) is 10.6. The summed E-state index contributed by atoms with van der Waals surface area (Å²) in [6, 6.07) is 8.55. The first-order valence-corrected chi connectivity index (χ1v) is 7.34. The van der Waals surface area contributed by atoms with Gasteiger partial charge in [-0.25, -0.2) is 0 Å². The lowest BCUT2D eigenvalue weighted by molar-refractivity contribution is -0.106. The molecule has 3 unspecified atom stereocenters. The number of rotatable bonds is 2. The Morgan fingerprint density at radius 2 is 2.09 bits per heavy atom. The highest BCUT2D eigenvalue weighted by Crippen LogP contribution is 2.42. The molecule has 6 nitrogen and oxygen atoms in total. The van der Waals surface area contributed by atoms with E-state index in [1.54, 1.807) is 6.07 Å². The van der Waals surface area contributed by atoms with Crippen molar-refractivity contribution in [3.8, 4) is 0 Å². The SMILES string of the molecule is NC(=O)c1cc2cc(C3CC4CNC3C4)ccc2o1.NC=O. The van der Waals surface area contributed by atoms with Crippen LogP contribution in [-0.4, -0.2) is 24.9 Å². The predicted octanol–water partition coefficient (Wildman–Crippen LogP) is 1.10. The zero-order valence-electron chi connectivity index (χ0n) is 12.1.